The first-order chi connectivity index (χ1) is 14.6. The van der Waals surface area contributed by atoms with E-state index in [0.29, 0.717) is 36.7 Å². The van der Waals surface area contributed by atoms with Crippen LogP contribution in [0, 0.1) is 0 Å². The zero-order valence-electron chi connectivity index (χ0n) is 17.8. The van der Waals surface area contributed by atoms with E-state index in [-0.39, 0.29) is 18.4 Å². The first-order valence-corrected chi connectivity index (χ1v) is 10.9. The van der Waals surface area contributed by atoms with Crippen molar-refractivity contribution in [3.63, 3.8) is 0 Å². The van der Waals surface area contributed by atoms with Crippen LogP contribution in [0.3, 0.4) is 0 Å². The molecular formula is C24H31ClN2O3. The van der Waals surface area contributed by atoms with Crippen LogP contribution in [0.25, 0.3) is 0 Å². The number of nitrogens with zero attached hydrogens (tertiary/aromatic N) is 1. The quantitative estimate of drug-likeness (QED) is 0.505. The van der Waals surface area contributed by atoms with Crippen molar-refractivity contribution in [3.8, 4) is 5.75 Å². The van der Waals surface area contributed by atoms with Crippen LogP contribution in [-0.4, -0.2) is 42.5 Å². The summed E-state index contributed by atoms with van der Waals surface area (Å²) in [6, 6.07) is 16.4. The molecule has 2 rings (SSSR count). The molecule has 0 aromatic heterocycles. The van der Waals surface area contributed by atoms with E-state index < -0.39 is 6.04 Å². The van der Waals surface area contributed by atoms with Gasteiger partial charge in [0.2, 0.25) is 5.91 Å². The fourth-order valence-electron chi connectivity index (χ4n) is 3.19. The highest BCUT2D eigenvalue weighted by Gasteiger charge is 2.28. The average Bonchev–Trinajstić information content (AvgIpc) is 2.76. The Morgan fingerprint density at radius 2 is 1.77 bits per heavy atom. The molecule has 1 unspecified atom stereocenters. The van der Waals surface area contributed by atoms with E-state index in [0.717, 1.165) is 18.4 Å². The van der Waals surface area contributed by atoms with Crippen LogP contribution in [0.4, 0.5) is 0 Å². The number of halogens is 1. The van der Waals surface area contributed by atoms with Crippen LogP contribution >= 0.6 is 11.6 Å². The third-order valence-electron chi connectivity index (χ3n) is 4.89. The Kier molecular flexibility index (Phi) is 10.2. The molecule has 1 N–H and O–H groups in total. The Morgan fingerprint density at radius 3 is 2.43 bits per heavy atom. The second kappa shape index (κ2) is 12.9. The lowest BCUT2D eigenvalue weighted by Gasteiger charge is -2.30. The summed E-state index contributed by atoms with van der Waals surface area (Å²) in [5.41, 5.74) is 1.11. The van der Waals surface area contributed by atoms with Crippen molar-refractivity contribution in [2.75, 3.05) is 19.7 Å². The van der Waals surface area contributed by atoms with Gasteiger partial charge in [-0.1, -0.05) is 74.3 Å². The van der Waals surface area contributed by atoms with Crippen molar-refractivity contribution in [2.24, 2.45) is 0 Å². The van der Waals surface area contributed by atoms with Crippen LogP contribution in [0.15, 0.2) is 54.6 Å². The van der Waals surface area contributed by atoms with Gasteiger partial charge in [0.15, 0.2) is 6.61 Å². The molecule has 0 saturated heterocycles. The number of amides is 2. The molecule has 0 spiro atoms. The Balaban J connectivity index is 2.10. The van der Waals surface area contributed by atoms with Crippen LogP contribution in [-0.2, 0) is 16.0 Å². The molecule has 0 saturated carbocycles. The Bertz CT molecular complexity index is 798. The summed E-state index contributed by atoms with van der Waals surface area (Å²) in [6.45, 7) is 4.88. The molecule has 0 heterocycles. The molecule has 2 amide bonds. The van der Waals surface area contributed by atoms with E-state index in [9.17, 15) is 9.59 Å². The lowest BCUT2D eigenvalue weighted by atomic mass is 10.1. The van der Waals surface area contributed by atoms with Gasteiger partial charge in [-0.3, -0.25) is 9.59 Å². The summed E-state index contributed by atoms with van der Waals surface area (Å²) in [4.78, 5) is 27.5. The van der Waals surface area contributed by atoms with Crippen LogP contribution in [0.2, 0.25) is 5.02 Å². The minimum Gasteiger partial charge on any atom is -0.482 e. The van der Waals surface area contributed by atoms with Gasteiger partial charge < -0.3 is 15.0 Å². The van der Waals surface area contributed by atoms with Crippen molar-refractivity contribution < 1.29 is 14.3 Å². The van der Waals surface area contributed by atoms with Crippen molar-refractivity contribution in [2.45, 2.75) is 45.6 Å². The second-order valence-electron chi connectivity index (χ2n) is 7.11. The van der Waals surface area contributed by atoms with Crippen LogP contribution in [0.1, 0.15) is 38.7 Å². The number of unbranched alkanes of at least 4 members (excludes halogenated alkanes) is 1. The fourth-order valence-corrected chi connectivity index (χ4v) is 3.38. The molecule has 2 aromatic rings. The number of hydrogen-bond donors (Lipinski definition) is 1. The van der Waals surface area contributed by atoms with Crippen molar-refractivity contribution in [1.29, 1.82) is 0 Å². The summed E-state index contributed by atoms with van der Waals surface area (Å²) < 4.78 is 5.65. The molecule has 0 bridgehead atoms. The number of carbonyl (C=O) groups excluding carboxylic acids is 2. The molecule has 30 heavy (non-hydrogen) atoms. The predicted octanol–water partition coefficient (Wildman–Crippen LogP) is 4.49. The smallest absolute Gasteiger partial charge is 0.261 e. The molecule has 1 atom stereocenters. The zero-order chi connectivity index (χ0) is 21.8. The maximum atomic E-state index is 13.1. The van der Waals surface area contributed by atoms with Gasteiger partial charge in [0.05, 0.1) is 5.02 Å². The number of rotatable bonds is 12. The highest BCUT2D eigenvalue weighted by Crippen LogP contribution is 2.23. The molecule has 162 valence electrons. The van der Waals surface area contributed by atoms with Gasteiger partial charge in [0.25, 0.3) is 5.91 Å². The monoisotopic (exact) mass is 430 g/mol. The first kappa shape index (κ1) is 23.7. The number of carbonyl (C=O) groups is 2. The van der Waals surface area contributed by atoms with Gasteiger partial charge in [-0.05, 0) is 37.0 Å². The largest absolute Gasteiger partial charge is 0.482 e. The van der Waals surface area contributed by atoms with E-state index in [1.807, 2.05) is 37.3 Å². The fraction of sp³-hybridized carbons (Fsp3) is 0.417. The molecule has 5 nitrogen and oxygen atoms in total. The lowest BCUT2D eigenvalue weighted by molar-refractivity contribution is -0.142. The molecule has 0 aliphatic carbocycles. The number of benzene rings is 2. The summed E-state index contributed by atoms with van der Waals surface area (Å²) in [5.74, 6) is 0.101. The van der Waals surface area contributed by atoms with E-state index in [1.165, 1.54) is 0 Å². The highest BCUT2D eigenvalue weighted by molar-refractivity contribution is 6.32. The first-order valence-electron chi connectivity index (χ1n) is 10.5. The highest BCUT2D eigenvalue weighted by atomic mass is 35.5. The number of para-hydroxylation sites is 1. The van der Waals surface area contributed by atoms with Crippen molar-refractivity contribution >= 4 is 23.4 Å². The Morgan fingerprint density at radius 1 is 1.07 bits per heavy atom. The molecule has 0 aliphatic heterocycles. The summed E-state index contributed by atoms with van der Waals surface area (Å²) in [6.07, 6.45) is 3.11. The van der Waals surface area contributed by atoms with Gasteiger partial charge in [-0.15, -0.1) is 0 Å². The minimum atomic E-state index is -0.534. The minimum absolute atomic E-state index is 0.120. The SMILES string of the molecule is CCCCNC(=O)C(CC)N(CCc1ccccc1)C(=O)COc1ccccc1Cl. The van der Waals surface area contributed by atoms with E-state index in [4.69, 9.17) is 16.3 Å². The normalized spacial score (nSPS) is 11.6. The molecule has 6 heteroatoms. The van der Waals surface area contributed by atoms with E-state index in [1.54, 1.807) is 29.2 Å². The molecule has 0 radical (unpaired) electrons. The third-order valence-corrected chi connectivity index (χ3v) is 5.20. The summed E-state index contributed by atoms with van der Waals surface area (Å²) >= 11 is 6.13. The summed E-state index contributed by atoms with van der Waals surface area (Å²) in [5, 5.41) is 3.41. The van der Waals surface area contributed by atoms with E-state index in [2.05, 4.69) is 12.2 Å². The molecule has 2 aromatic carbocycles. The van der Waals surface area contributed by atoms with Gasteiger partial charge in [0, 0.05) is 13.1 Å². The standard InChI is InChI=1S/C24H31ClN2O3/c1-3-5-16-26-24(29)21(4-2)27(17-15-19-11-7-6-8-12-19)23(28)18-30-22-14-10-9-13-20(22)25/h6-14,21H,3-5,15-18H2,1-2H3,(H,26,29). The lowest BCUT2D eigenvalue weighted by Crippen LogP contribution is -2.51. The van der Waals surface area contributed by atoms with Crippen molar-refractivity contribution in [1.82, 2.24) is 10.2 Å². The van der Waals surface area contributed by atoms with Gasteiger partial charge in [-0.2, -0.15) is 0 Å². The van der Waals surface area contributed by atoms with Gasteiger partial charge >= 0.3 is 0 Å². The molecule has 0 aliphatic rings. The third kappa shape index (κ3) is 7.38. The van der Waals surface area contributed by atoms with Crippen molar-refractivity contribution in [3.05, 3.63) is 65.2 Å². The van der Waals surface area contributed by atoms with Gasteiger partial charge in [0.1, 0.15) is 11.8 Å². The Labute approximate surface area is 184 Å². The number of hydrogen-bond acceptors (Lipinski definition) is 3. The molecule has 0 fully saturated rings. The zero-order valence-corrected chi connectivity index (χ0v) is 18.5. The second-order valence-corrected chi connectivity index (χ2v) is 7.52. The Hall–Kier alpha value is -2.53. The van der Waals surface area contributed by atoms with Crippen LogP contribution in [0.5, 0.6) is 5.75 Å². The van der Waals surface area contributed by atoms with Crippen LogP contribution < -0.4 is 10.1 Å². The number of nitrogens with one attached hydrogen (secondary N) is 1. The van der Waals surface area contributed by atoms with E-state index >= 15 is 0 Å². The maximum Gasteiger partial charge on any atom is 0.261 e. The average molecular weight is 431 g/mol. The predicted molar refractivity (Wildman–Crippen MR) is 121 cm³/mol. The number of ether oxygens (including phenoxy) is 1. The molecular weight excluding hydrogens is 400 g/mol. The topological polar surface area (TPSA) is 58.6 Å². The maximum absolute atomic E-state index is 13.1. The summed E-state index contributed by atoms with van der Waals surface area (Å²) in [7, 11) is 0. The van der Waals surface area contributed by atoms with Gasteiger partial charge in [-0.25, -0.2) is 0 Å².